The Morgan fingerprint density at radius 1 is 1.31 bits per heavy atom. The second-order valence-corrected chi connectivity index (χ2v) is 5.48. The number of nitrogens with one attached hydrogen (secondary N) is 1. The van der Waals surface area contributed by atoms with Crippen LogP contribution in [0.5, 0.6) is 5.75 Å². The number of amides is 1. The molecule has 0 saturated carbocycles. The minimum atomic E-state index is -0.244. The molecule has 0 aliphatic rings. The highest BCUT2D eigenvalue weighted by molar-refractivity contribution is 5.77. The third kappa shape index (κ3) is 4.21. The lowest BCUT2D eigenvalue weighted by Gasteiger charge is -2.03. The molecule has 0 saturated heterocycles. The Morgan fingerprint density at radius 2 is 2.12 bits per heavy atom. The van der Waals surface area contributed by atoms with Gasteiger partial charge in [0.15, 0.2) is 11.5 Å². The van der Waals surface area contributed by atoms with Crippen molar-refractivity contribution in [3.63, 3.8) is 0 Å². The molecule has 1 amide bonds. The van der Waals surface area contributed by atoms with Gasteiger partial charge < -0.3 is 14.9 Å². The summed E-state index contributed by atoms with van der Waals surface area (Å²) in [4.78, 5) is 19.9. The normalized spacial score (nSPS) is 10.3. The van der Waals surface area contributed by atoms with Gasteiger partial charge in [0.25, 0.3) is 5.89 Å². The molecule has 3 aromatic rings. The molecule has 0 aliphatic carbocycles. The molecule has 0 bridgehead atoms. The lowest BCUT2D eigenvalue weighted by molar-refractivity contribution is -0.120. The number of hydrogen-bond donors (Lipinski definition) is 2. The van der Waals surface area contributed by atoms with Crippen LogP contribution >= 0.6 is 0 Å². The van der Waals surface area contributed by atoms with Crippen molar-refractivity contribution in [1.82, 2.24) is 20.4 Å². The van der Waals surface area contributed by atoms with Gasteiger partial charge in [-0.3, -0.25) is 4.79 Å². The van der Waals surface area contributed by atoms with Crippen molar-refractivity contribution in [1.29, 1.82) is 5.26 Å². The highest BCUT2D eigenvalue weighted by Gasteiger charge is 2.16. The Bertz CT molecular complexity index is 947. The van der Waals surface area contributed by atoms with E-state index in [4.69, 9.17) is 9.78 Å². The van der Waals surface area contributed by atoms with Crippen molar-refractivity contribution in [2.45, 2.75) is 12.8 Å². The van der Waals surface area contributed by atoms with Gasteiger partial charge in [0.1, 0.15) is 11.8 Å². The van der Waals surface area contributed by atoms with E-state index in [-0.39, 0.29) is 41.1 Å². The zero-order chi connectivity index (χ0) is 18.4. The summed E-state index contributed by atoms with van der Waals surface area (Å²) < 4.78 is 5.03. The number of benzene rings is 1. The van der Waals surface area contributed by atoms with Crippen molar-refractivity contribution >= 4 is 5.91 Å². The maximum absolute atomic E-state index is 12.0. The molecule has 130 valence electrons. The zero-order valence-electron chi connectivity index (χ0n) is 13.7. The molecule has 8 heteroatoms. The molecule has 2 aromatic heterocycles. The average Bonchev–Trinajstić information content (AvgIpc) is 3.10. The van der Waals surface area contributed by atoms with Crippen LogP contribution in [0.25, 0.3) is 11.6 Å². The summed E-state index contributed by atoms with van der Waals surface area (Å²) in [6, 6.07) is 12.9. The van der Waals surface area contributed by atoms with E-state index in [0.29, 0.717) is 6.54 Å². The van der Waals surface area contributed by atoms with Crippen molar-refractivity contribution in [2.24, 2.45) is 0 Å². The predicted octanol–water partition coefficient (Wildman–Crippen LogP) is 1.61. The summed E-state index contributed by atoms with van der Waals surface area (Å²) >= 11 is 0. The molecule has 0 aliphatic heterocycles. The second kappa shape index (κ2) is 7.90. The van der Waals surface area contributed by atoms with Crippen molar-refractivity contribution < 1.29 is 14.4 Å². The van der Waals surface area contributed by atoms with Crippen LogP contribution < -0.4 is 5.32 Å². The molecule has 0 fully saturated rings. The first kappa shape index (κ1) is 17.1. The van der Waals surface area contributed by atoms with Crippen molar-refractivity contribution in [3.05, 3.63) is 59.5 Å². The maximum Gasteiger partial charge on any atom is 0.280 e. The van der Waals surface area contributed by atoms with E-state index in [0.717, 1.165) is 12.0 Å². The topological polar surface area (TPSA) is 125 Å². The van der Waals surface area contributed by atoms with Gasteiger partial charge in [0.05, 0.1) is 12.0 Å². The summed E-state index contributed by atoms with van der Waals surface area (Å²) in [5.74, 6) is -0.307. The minimum Gasteiger partial charge on any atom is -0.505 e. The van der Waals surface area contributed by atoms with Crippen molar-refractivity contribution in [2.75, 3.05) is 6.54 Å². The molecule has 0 radical (unpaired) electrons. The number of hydrogen-bond acceptors (Lipinski definition) is 7. The van der Waals surface area contributed by atoms with Crippen LogP contribution in [0.15, 0.2) is 47.1 Å². The Kier molecular flexibility index (Phi) is 5.19. The number of carbonyl (C=O) groups excluding carboxylic acids is 1. The monoisotopic (exact) mass is 349 g/mol. The van der Waals surface area contributed by atoms with Gasteiger partial charge in [-0.25, -0.2) is 4.98 Å². The third-order valence-corrected chi connectivity index (χ3v) is 3.56. The first-order valence-electron chi connectivity index (χ1n) is 7.88. The Morgan fingerprint density at radius 3 is 2.85 bits per heavy atom. The second-order valence-electron chi connectivity index (χ2n) is 5.48. The molecule has 0 unspecified atom stereocenters. The lowest BCUT2D eigenvalue weighted by atomic mass is 10.1. The van der Waals surface area contributed by atoms with E-state index in [1.54, 1.807) is 0 Å². The first-order valence-corrected chi connectivity index (χ1v) is 7.88. The summed E-state index contributed by atoms with van der Waals surface area (Å²) in [7, 11) is 0. The molecule has 0 atom stereocenters. The molecule has 2 N–H and O–H groups in total. The van der Waals surface area contributed by atoms with E-state index in [2.05, 4.69) is 20.4 Å². The van der Waals surface area contributed by atoms with Gasteiger partial charge in [0.2, 0.25) is 5.91 Å². The maximum atomic E-state index is 12.0. The quantitative estimate of drug-likeness (QED) is 0.692. The number of carbonyl (C=O) groups is 1. The summed E-state index contributed by atoms with van der Waals surface area (Å²) in [6.45, 7) is 0.505. The molecule has 2 heterocycles. The van der Waals surface area contributed by atoms with Gasteiger partial charge in [-0.05, 0) is 12.0 Å². The Hall–Kier alpha value is -3.73. The average molecular weight is 349 g/mol. The van der Waals surface area contributed by atoms with Gasteiger partial charge in [-0.2, -0.15) is 10.2 Å². The smallest absolute Gasteiger partial charge is 0.280 e. The van der Waals surface area contributed by atoms with Crippen LogP contribution in [0.4, 0.5) is 0 Å². The molecule has 0 spiro atoms. The van der Waals surface area contributed by atoms with E-state index in [9.17, 15) is 9.90 Å². The van der Waals surface area contributed by atoms with Crippen molar-refractivity contribution in [3.8, 4) is 23.4 Å². The number of aromatic nitrogens is 3. The minimum absolute atomic E-state index is 0.0147. The van der Waals surface area contributed by atoms with Gasteiger partial charge >= 0.3 is 0 Å². The standard InChI is InChI=1S/C18H15N5O3/c19-10-13-8-14(24)17(21-11-13)18-22-15(23-26-18)9-16(25)20-7-6-12-4-2-1-3-5-12/h1-5,8,11,24H,6-7,9H2,(H,20,25). The number of nitrogens with zero attached hydrogens (tertiary/aromatic N) is 4. The van der Waals surface area contributed by atoms with Crippen LogP contribution in [0.1, 0.15) is 17.0 Å². The predicted molar refractivity (Wildman–Crippen MR) is 90.8 cm³/mol. The third-order valence-electron chi connectivity index (χ3n) is 3.56. The molecule has 1 aromatic carbocycles. The molecule has 3 rings (SSSR count). The highest BCUT2D eigenvalue weighted by atomic mass is 16.5. The van der Waals surface area contributed by atoms with Crippen LogP contribution in [0.2, 0.25) is 0 Å². The summed E-state index contributed by atoms with van der Waals surface area (Å²) in [5, 5.41) is 25.2. The first-order chi connectivity index (χ1) is 12.7. The highest BCUT2D eigenvalue weighted by Crippen LogP contribution is 2.25. The number of nitriles is 1. The molecule has 8 nitrogen and oxygen atoms in total. The van der Waals surface area contributed by atoms with Crippen LogP contribution in [0.3, 0.4) is 0 Å². The lowest BCUT2D eigenvalue weighted by Crippen LogP contribution is -2.27. The fraction of sp³-hybridized carbons (Fsp3) is 0.167. The molecular weight excluding hydrogens is 334 g/mol. The molecular formula is C18H15N5O3. The number of pyridine rings is 1. The van der Waals surface area contributed by atoms with E-state index >= 15 is 0 Å². The van der Waals surface area contributed by atoms with E-state index < -0.39 is 0 Å². The SMILES string of the molecule is N#Cc1cnc(-c2nc(CC(=O)NCCc3ccccc3)no2)c(O)c1. The van der Waals surface area contributed by atoms with Gasteiger partial charge in [-0.15, -0.1) is 0 Å². The summed E-state index contributed by atoms with van der Waals surface area (Å²) in [5.41, 5.74) is 1.41. The fourth-order valence-corrected chi connectivity index (χ4v) is 2.30. The summed E-state index contributed by atoms with van der Waals surface area (Å²) in [6.07, 6.45) is 1.97. The molecule has 26 heavy (non-hydrogen) atoms. The Balaban J connectivity index is 1.56. The van der Waals surface area contributed by atoms with E-state index in [1.165, 1.54) is 12.3 Å². The number of rotatable bonds is 6. The van der Waals surface area contributed by atoms with E-state index in [1.807, 2.05) is 36.4 Å². The van der Waals surface area contributed by atoms with Gasteiger partial charge in [0, 0.05) is 18.8 Å². The number of aromatic hydroxyl groups is 1. The van der Waals surface area contributed by atoms with Crippen LogP contribution in [-0.4, -0.2) is 32.7 Å². The Labute approximate surface area is 149 Å². The van der Waals surface area contributed by atoms with Crippen LogP contribution in [0, 0.1) is 11.3 Å². The van der Waals surface area contributed by atoms with Gasteiger partial charge in [-0.1, -0.05) is 35.5 Å². The fourth-order valence-electron chi connectivity index (χ4n) is 2.30. The largest absolute Gasteiger partial charge is 0.505 e. The zero-order valence-corrected chi connectivity index (χ0v) is 13.7. The van der Waals surface area contributed by atoms with Crippen LogP contribution in [-0.2, 0) is 17.6 Å².